The maximum atomic E-state index is 13.9. The van der Waals surface area contributed by atoms with Crippen LogP contribution in [0.1, 0.15) is 65.4 Å². The lowest BCUT2D eigenvalue weighted by atomic mass is 9.63. The number of hydrogen-bond donors (Lipinski definition) is 2. The number of alkyl halides is 3. The van der Waals surface area contributed by atoms with Gasteiger partial charge in [0.1, 0.15) is 23.8 Å². The number of carboxylic acids is 1. The molecule has 1 aliphatic heterocycles. The Labute approximate surface area is 250 Å². The molecule has 0 unspecified atom stereocenters. The highest BCUT2D eigenvalue weighted by Gasteiger charge is 2.45. The van der Waals surface area contributed by atoms with Gasteiger partial charge in [-0.15, -0.1) is 0 Å². The number of benzene rings is 2. The third kappa shape index (κ3) is 5.08. The van der Waals surface area contributed by atoms with Crippen LogP contribution < -0.4 is 9.64 Å². The summed E-state index contributed by atoms with van der Waals surface area (Å²) in [5.74, 6) is 0.0898. The zero-order valence-corrected chi connectivity index (χ0v) is 23.7. The summed E-state index contributed by atoms with van der Waals surface area (Å²) in [5, 5.41) is 23.5. The Morgan fingerprint density at radius 1 is 1.11 bits per heavy atom. The molecule has 11 heteroatoms. The fraction of sp³-hybridized carbons (Fsp3) is 0.364. The fourth-order valence-electron chi connectivity index (χ4n) is 6.53. The van der Waals surface area contributed by atoms with Crippen molar-refractivity contribution in [3.8, 4) is 17.0 Å². The van der Waals surface area contributed by atoms with E-state index in [2.05, 4.69) is 21.1 Å². The van der Waals surface area contributed by atoms with Crippen molar-refractivity contribution in [2.45, 2.75) is 44.2 Å². The molecule has 2 aromatic heterocycles. The van der Waals surface area contributed by atoms with Gasteiger partial charge < -0.3 is 24.4 Å². The van der Waals surface area contributed by atoms with E-state index in [0.29, 0.717) is 22.4 Å². The van der Waals surface area contributed by atoms with Crippen LogP contribution in [0.5, 0.6) is 5.75 Å². The standard InChI is InChI=1S/C33H30F3N3O5/c34-33(35,36)24-4-2-1-3-22(24)29-28(30(44-38-29)19-5-6-19)20-17-32(18-20)9-11-39(12-10-32)21-7-8-25-23(15-21)27(43-14-13-40)16-26(37-25)31(41)42/h1-4,7-8,15-17,19,40H,5-6,9-14,18H2,(H,41,42). The summed E-state index contributed by atoms with van der Waals surface area (Å²) >= 11 is 0. The van der Waals surface area contributed by atoms with Crippen molar-refractivity contribution in [1.82, 2.24) is 10.1 Å². The summed E-state index contributed by atoms with van der Waals surface area (Å²) in [5.41, 5.74) is 2.61. The normalized spacial score (nSPS) is 17.9. The molecule has 0 bridgehead atoms. The summed E-state index contributed by atoms with van der Waals surface area (Å²) in [6.07, 6.45) is 2.11. The van der Waals surface area contributed by atoms with E-state index in [9.17, 15) is 28.2 Å². The molecule has 44 heavy (non-hydrogen) atoms. The van der Waals surface area contributed by atoms with E-state index in [1.807, 2.05) is 12.1 Å². The minimum Gasteiger partial charge on any atom is -0.490 e. The number of nitrogens with zero attached hydrogens (tertiary/aromatic N) is 3. The van der Waals surface area contributed by atoms with Crippen molar-refractivity contribution >= 4 is 28.1 Å². The SMILES string of the molecule is O=C(O)c1cc(OCCO)c2cc(N3CCC4(C=C(c5c(-c6ccccc6C(F)(F)F)noc5C5CC5)C4)CC3)ccc2n1. The first-order chi connectivity index (χ1) is 21.2. The van der Waals surface area contributed by atoms with E-state index < -0.39 is 17.7 Å². The Morgan fingerprint density at radius 2 is 1.86 bits per heavy atom. The largest absolute Gasteiger partial charge is 0.490 e. The molecule has 0 amide bonds. The van der Waals surface area contributed by atoms with Crippen LogP contribution in [0.3, 0.4) is 0 Å². The van der Waals surface area contributed by atoms with Gasteiger partial charge in [-0.3, -0.25) is 0 Å². The highest BCUT2D eigenvalue weighted by Crippen LogP contribution is 2.56. The van der Waals surface area contributed by atoms with Gasteiger partial charge in [-0.05, 0) is 67.4 Å². The van der Waals surface area contributed by atoms with E-state index in [-0.39, 0.29) is 41.5 Å². The maximum Gasteiger partial charge on any atom is 0.417 e. The van der Waals surface area contributed by atoms with Crippen molar-refractivity contribution in [3.63, 3.8) is 0 Å². The monoisotopic (exact) mass is 605 g/mol. The molecule has 2 N–H and O–H groups in total. The number of allylic oxidation sites excluding steroid dienone is 2. The van der Waals surface area contributed by atoms with E-state index in [1.165, 1.54) is 18.2 Å². The molecule has 0 atom stereocenters. The van der Waals surface area contributed by atoms with Gasteiger partial charge >= 0.3 is 12.1 Å². The van der Waals surface area contributed by atoms with Gasteiger partial charge in [-0.25, -0.2) is 9.78 Å². The van der Waals surface area contributed by atoms with Crippen molar-refractivity contribution < 1.29 is 37.4 Å². The molecule has 2 aliphatic carbocycles. The summed E-state index contributed by atoms with van der Waals surface area (Å²) in [4.78, 5) is 18.0. The molecule has 0 radical (unpaired) electrons. The number of piperidine rings is 1. The Balaban J connectivity index is 1.14. The average Bonchev–Trinajstić information content (AvgIpc) is 3.76. The predicted octanol–water partition coefficient (Wildman–Crippen LogP) is 6.93. The summed E-state index contributed by atoms with van der Waals surface area (Å²) in [6.45, 7) is 1.36. The number of aromatic carboxylic acids is 1. The number of anilines is 1. The number of pyridine rings is 1. The van der Waals surface area contributed by atoms with Crippen LogP contribution in [-0.2, 0) is 6.18 Å². The minimum atomic E-state index is -4.50. The Morgan fingerprint density at radius 3 is 2.55 bits per heavy atom. The minimum absolute atomic E-state index is 0.0292. The van der Waals surface area contributed by atoms with Gasteiger partial charge in [0.2, 0.25) is 0 Å². The topological polar surface area (TPSA) is 109 Å². The van der Waals surface area contributed by atoms with Gasteiger partial charge in [0.25, 0.3) is 0 Å². The number of aliphatic hydroxyl groups excluding tert-OH is 1. The van der Waals surface area contributed by atoms with Crippen molar-refractivity contribution in [3.05, 3.63) is 77.2 Å². The lowest BCUT2D eigenvalue weighted by Gasteiger charge is -2.47. The fourth-order valence-corrected chi connectivity index (χ4v) is 6.53. The quantitative estimate of drug-likeness (QED) is 0.223. The second kappa shape index (κ2) is 10.7. The number of hydrogen-bond acceptors (Lipinski definition) is 7. The lowest BCUT2D eigenvalue weighted by molar-refractivity contribution is -0.137. The number of rotatable bonds is 8. The number of fused-ring (bicyclic) bond motifs is 1. The van der Waals surface area contributed by atoms with Gasteiger partial charge in [0.05, 0.1) is 17.7 Å². The van der Waals surface area contributed by atoms with Gasteiger partial charge in [0, 0.05) is 47.3 Å². The molecule has 228 valence electrons. The Hall–Kier alpha value is -4.38. The molecule has 3 heterocycles. The number of carboxylic acid groups (broad SMARTS) is 1. The first kappa shape index (κ1) is 28.4. The zero-order valence-electron chi connectivity index (χ0n) is 23.7. The van der Waals surface area contributed by atoms with E-state index in [1.54, 1.807) is 12.1 Å². The van der Waals surface area contributed by atoms with E-state index in [0.717, 1.165) is 68.1 Å². The summed E-state index contributed by atoms with van der Waals surface area (Å²) in [6, 6.07) is 12.6. The summed E-state index contributed by atoms with van der Waals surface area (Å²) < 4.78 is 53.0. The molecule has 8 nitrogen and oxygen atoms in total. The highest BCUT2D eigenvalue weighted by molar-refractivity contribution is 5.94. The number of aliphatic hydroxyl groups is 1. The van der Waals surface area contributed by atoms with Crippen molar-refractivity contribution in [2.24, 2.45) is 5.41 Å². The average molecular weight is 606 g/mol. The molecule has 2 fully saturated rings. The van der Waals surface area contributed by atoms with Crippen LogP contribution in [0, 0.1) is 5.41 Å². The second-order valence-electron chi connectivity index (χ2n) is 11.9. The Bertz CT molecular complexity index is 1790. The lowest BCUT2D eigenvalue weighted by Crippen LogP contribution is -2.42. The van der Waals surface area contributed by atoms with Gasteiger partial charge in [0.15, 0.2) is 5.69 Å². The van der Waals surface area contributed by atoms with Crippen LogP contribution in [0.2, 0.25) is 0 Å². The number of carbonyl (C=O) groups is 1. The van der Waals surface area contributed by atoms with Crippen LogP contribution >= 0.6 is 0 Å². The molecule has 4 aromatic rings. The van der Waals surface area contributed by atoms with Crippen molar-refractivity contribution in [1.29, 1.82) is 0 Å². The molecule has 3 aliphatic rings. The van der Waals surface area contributed by atoms with Gasteiger partial charge in [-0.1, -0.05) is 29.4 Å². The third-order valence-corrected chi connectivity index (χ3v) is 8.94. The second-order valence-corrected chi connectivity index (χ2v) is 11.9. The van der Waals surface area contributed by atoms with Crippen LogP contribution in [-0.4, -0.2) is 52.6 Å². The van der Waals surface area contributed by atoms with Crippen LogP contribution in [0.25, 0.3) is 27.7 Å². The first-order valence-electron chi connectivity index (χ1n) is 14.7. The van der Waals surface area contributed by atoms with Gasteiger partial charge in [-0.2, -0.15) is 13.2 Å². The predicted molar refractivity (Wildman–Crippen MR) is 157 cm³/mol. The third-order valence-electron chi connectivity index (χ3n) is 8.94. The molecule has 1 spiro atoms. The number of halogens is 3. The summed E-state index contributed by atoms with van der Waals surface area (Å²) in [7, 11) is 0. The smallest absolute Gasteiger partial charge is 0.417 e. The zero-order chi connectivity index (χ0) is 30.6. The van der Waals surface area contributed by atoms with Crippen molar-refractivity contribution in [2.75, 3.05) is 31.2 Å². The molecule has 1 saturated carbocycles. The number of ether oxygens (including phenoxy) is 1. The van der Waals surface area contributed by atoms with E-state index >= 15 is 0 Å². The first-order valence-corrected chi connectivity index (χ1v) is 14.7. The molecular weight excluding hydrogens is 575 g/mol. The van der Waals surface area contributed by atoms with Crippen LogP contribution in [0.4, 0.5) is 18.9 Å². The number of aromatic nitrogens is 2. The molecule has 1 saturated heterocycles. The van der Waals surface area contributed by atoms with Crippen LogP contribution in [0.15, 0.2) is 59.1 Å². The van der Waals surface area contributed by atoms with E-state index in [4.69, 9.17) is 9.26 Å². The molecular formula is C33H30F3N3O5. The molecule has 2 aromatic carbocycles. The molecule has 7 rings (SSSR count). The maximum absolute atomic E-state index is 13.9. The highest BCUT2D eigenvalue weighted by atomic mass is 19.4. The Kier molecular flexibility index (Phi) is 6.88.